The molecule has 0 radical (unpaired) electrons. The highest BCUT2D eigenvalue weighted by molar-refractivity contribution is 6.31. The van der Waals surface area contributed by atoms with Gasteiger partial charge in [-0.15, -0.1) is 0 Å². The Labute approximate surface area is 152 Å². The smallest absolute Gasteiger partial charge is 0.0683 e. The third-order valence-corrected chi connectivity index (χ3v) is 5.98. The van der Waals surface area contributed by atoms with Gasteiger partial charge in [-0.05, 0) is 54.3 Å². The van der Waals surface area contributed by atoms with Crippen molar-refractivity contribution >= 4 is 35.1 Å². The SMILES string of the molecule is CC[C@H]1CCN[C@@H](c2cccc(Cl)c2)[C@]12C=Nc1cc(Cl)ccc12. The fourth-order valence-electron chi connectivity index (χ4n) is 4.45. The monoisotopic (exact) mass is 358 g/mol. The quantitative estimate of drug-likeness (QED) is 0.730. The molecule has 2 heterocycles. The van der Waals surface area contributed by atoms with E-state index in [-0.39, 0.29) is 11.5 Å². The number of rotatable bonds is 2. The fourth-order valence-corrected chi connectivity index (χ4v) is 4.81. The van der Waals surface area contributed by atoms with Gasteiger partial charge in [0.2, 0.25) is 0 Å². The van der Waals surface area contributed by atoms with Crippen molar-refractivity contribution in [1.29, 1.82) is 0 Å². The zero-order chi connectivity index (χ0) is 16.7. The highest BCUT2D eigenvalue weighted by atomic mass is 35.5. The molecule has 1 N–H and O–H groups in total. The molecule has 124 valence electrons. The number of fused-ring (bicyclic) bond motifs is 2. The van der Waals surface area contributed by atoms with Crippen LogP contribution in [0.3, 0.4) is 0 Å². The van der Waals surface area contributed by atoms with Gasteiger partial charge in [0.25, 0.3) is 0 Å². The van der Waals surface area contributed by atoms with Crippen LogP contribution in [0.4, 0.5) is 5.69 Å². The van der Waals surface area contributed by atoms with Gasteiger partial charge in [-0.25, -0.2) is 0 Å². The number of hydrogen-bond acceptors (Lipinski definition) is 2. The van der Waals surface area contributed by atoms with Gasteiger partial charge in [-0.2, -0.15) is 0 Å². The van der Waals surface area contributed by atoms with Crippen molar-refractivity contribution in [3.63, 3.8) is 0 Å². The summed E-state index contributed by atoms with van der Waals surface area (Å²) in [6, 6.07) is 14.4. The summed E-state index contributed by atoms with van der Waals surface area (Å²) in [7, 11) is 0. The van der Waals surface area contributed by atoms with Crippen LogP contribution in [-0.2, 0) is 5.41 Å². The normalized spacial score (nSPS) is 28.3. The summed E-state index contributed by atoms with van der Waals surface area (Å²) < 4.78 is 0. The Kier molecular flexibility index (Phi) is 4.16. The van der Waals surface area contributed by atoms with Gasteiger partial charge >= 0.3 is 0 Å². The van der Waals surface area contributed by atoms with Crippen LogP contribution < -0.4 is 5.32 Å². The van der Waals surface area contributed by atoms with Crippen molar-refractivity contribution in [3.05, 3.63) is 63.6 Å². The van der Waals surface area contributed by atoms with Gasteiger partial charge < -0.3 is 5.32 Å². The molecule has 1 saturated heterocycles. The molecular formula is C20H20Cl2N2. The van der Waals surface area contributed by atoms with E-state index in [9.17, 15) is 0 Å². The molecule has 2 nitrogen and oxygen atoms in total. The maximum absolute atomic E-state index is 6.27. The number of aliphatic imine (C=N–C) groups is 1. The minimum atomic E-state index is -0.141. The Morgan fingerprint density at radius 1 is 1.17 bits per heavy atom. The molecule has 0 bridgehead atoms. The molecular weight excluding hydrogens is 339 g/mol. The predicted molar refractivity (Wildman–Crippen MR) is 102 cm³/mol. The Morgan fingerprint density at radius 2 is 2.00 bits per heavy atom. The minimum absolute atomic E-state index is 0.141. The van der Waals surface area contributed by atoms with E-state index in [0.29, 0.717) is 5.92 Å². The summed E-state index contributed by atoms with van der Waals surface area (Å²) in [5.74, 6) is 0.536. The van der Waals surface area contributed by atoms with E-state index in [1.54, 1.807) is 0 Å². The lowest BCUT2D eigenvalue weighted by molar-refractivity contribution is 0.206. The third kappa shape index (κ3) is 2.40. The van der Waals surface area contributed by atoms with Gasteiger partial charge in [0.1, 0.15) is 0 Å². The van der Waals surface area contributed by atoms with Crippen molar-refractivity contribution < 1.29 is 0 Å². The first kappa shape index (κ1) is 16.1. The molecule has 4 rings (SSSR count). The summed E-state index contributed by atoms with van der Waals surface area (Å²) in [5, 5.41) is 5.24. The van der Waals surface area contributed by atoms with Crippen LogP contribution in [0.15, 0.2) is 47.5 Å². The molecule has 1 spiro atoms. The number of piperidine rings is 1. The Morgan fingerprint density at radius 3 is 2.79 bits per heavy atom. The molecule has 3 atom stereocenters. The topological polar surface area (TPSA) is 24.4 Å². The third-order valence-electron chi connectivity index (χ3n) is 5.51. The second-order valence-electron chi connectivity index (χ2n) is 6.69. The zero-order valence-electron chi connectivity index (χ0n) is 13.6. The molecule has 4 heteroatoms. The lowest BCUT2D eigenvalue weighted by Gasteiger charge is -2.47. The molecule has 24 heavy (non-hydrogen) atoms. The highest BCUT2D eigenvalue weighted by Gasteiger charge is 2.50. The number of halogens is 2. The van der Waals surface area contributed by atoms with E-state index in [1.165, 1.54) is 11.1 Å². The summed E-state index contributed by atoms with van der Waals surface area (Å²) >= 11 is 12.5. The second kappa shape index (κ2) is 6.18. The van der Waals surface area contributed by atoms with Crippen molar-refractivity contribution in [2.75, 3.05) is 6.54 Å². The summed E-state index contributed by atoms with van der Waals surface area (Å²) in [6.07, 6.45) is 4.41. The van der Waals surface area contributed by atoms with Gasteiger partial charge in [-0.3, -0.25) is 4.99 Å². The predicted octanol–water partition coefficient (Wildman–Crippen LogP) is 5.71. The van der Waals surface area contributed by atoms with Crippen LogP contribution in [0.25, 0.3) is 0 Å². The molecule has 0 saturated carbocycles. The number of nitrogens with one attached hydrogen (secondary N) is 1. The van der Waals surface area contributed by atoms with Crippen LogP contribution >= 0.6 is 23.2 Å². The van der Waals surface area contributed by atoms with Gasteiger partial charge in [0.15, 0.2) is 0 Å². The van der Waals surface area contributed by atoms with Crippen molar-refractivity contribution in [2.45, 2.75) is 31.2 Å². The Balaban J connectivity index is 1.90. The van der Waals surface area contributed by atoms with Gasteiger partial charge in [-0.1, -0.05) is 54.7 Å². The van der Waals surface area contributed by atoms with Crippen molar-refractivity contribution in [1.82, 2.24) is 5.32 Å². The average molecular weight is 359 g/mol. The zero-order valence-corrected chi connectivity index (χ0v) is 15.1. The van der Waals surface area contributed by atoms with E-state index in [4.69, 9.17) is 28.2 Å². The Hall–Kier alpha value is -1.35. The lowest BCUT2D eigenvalue weighted by Crippen LogP contribution is -2.52. The van der Waals surface area contributed by atoms with E-state index >= 15 is 0 Å². The maximum atomic E-state index is 6.27. The summed E-state index contributed by atoms with van der Waals surface area (Å²) in [5.41, 5.74) is 3.35. The lowest BCUT2D eigenvalue weighted by atomic mass is 9.61. The van der Waals surface area contributed by atoms with E-state index < -0.39 is 0 Å². The molecule has 2 aliphatic heterocycles. The second-order valence-corrected chi connectivity index (χ2v) is 7.56. The maximum Gasteiger partial charge on any atom is 0.0683 e. The van der Waals surface area contributed by atoms with E-state index in [0.717, 1.165) is 35.1 Å². The fraction of sp³-hybridized carbons (Fsp3) is 0.350. The number of hydrogen-bond donors (Lipinski definition) is 1. The van der Waals surface area contributed by atoms with Crippen LogP contribution in [0.2, 0.25) is 10.0 Å². The summed E-state index contributed by atoms with van der Waals surface area (Å²) in [6.45, 7) is 3.28. The number of benzene rings is 2. The van der Waals surface area contributed by atoms with E-state index in [1.807, 2.05) is 24.3 Å². The van der Waals surface area contributed by atoms with E-state index in [2.05, 4.69) is 36.7 Å². The first-order valence-electron chi connectivity index (χ1n) is 8.49. The first-order chi connectivity index (χ1) is 11.6. The van der Waals surface area contributed by atoms with Crippen LogP contribution in [-0.4, -0.2) is 12.8 Å². The standard InChI is InChI=1S/C20H20Cl2N2/c1-2-14-8-9-23-19(13-4-3-5-15(21)10-13)20(14)12-24-18-11-16(22)6-7-17(18)20/h3-7,10-12,14,19,23H,2,8-9H2,1H3/t14-,19-,20+/m0/s1. The summed E-state index contributed by atoms with van der Waals surface area (Å²) in [4.78, 5) is 4.75. The van der Waals surface area contributed by atoms with Gasteiger partial charge in [0.05, 0.1) is 11.1 Å². The molecule has 2 aliphatic rings. The number of nitrogens with zero attached hydrogens (tertiary/aromatic N) is 1. The molecule has 0 aromatic heterocycles. The minimum Gasteiger partial charge on any atom is -0.309 e. The molecule has 0 unspecified atom stereocenters. The molecule has 0 aliphatic carbocycles. The van der Waals surface area contributed by atoms with Crippen LogP contribution in [0.5, 0.6) is 0 Å². The van der Waals surface area contributed by atoms with Crippen LogP contribution in [0, 0.1) is 5.92 Å². The van der Waals surface area contributed by atoms with Gasteiger partial charge in [0, 0.05) is 22.3 Å². The largest absolute Gasteiger partial charge is 0.309 e. The van der Waals surface area contributed by atoms with Crippen LogP contribution in [0.1, 0.15) is 36.9 Å². The van der Waals surface area contributed by atoms with Crippen molar-refractivity contribution in [2.24, 2.45) is 10.9 Å². The first-order valence-corrected chi connectivity index (χ1v) is 9.25. The highest BCUT2D eigenvalue weighted by Crippen LogP contribution is 2.53. The average Bonchev–Trinajstić information content (AvgIpc) is 2.94. The van der Waals surface area contributed by atoms with Crippen molar-refractivity contribution in [3.8, 4) is 0 Å². The Bertz CT molecular complexity index is 802. The molecule has 0 amide bonds. The molecule has 1 fully saturated rings. The molecule has 2 aromatic carbocycles. The molecule has 2 aromatic rings.